The molecule has 0 radical (unpaired) electrons. The minimum Gasteiger partial charge on any atom is -0.354 e. The van der Waals surface area contributed by atoms with Crippen LogP contribution in [-0.4, -0.2) is 43.0 Å². The maximum atomic E-state index is 14.0. The number of halogens is 1. The molecule has 1 aromatic rings. The van der Waals surface area contributed by atoms with E-state index in [0.29, 0.717) is 23.6 Å². The molecule has 0 aromatic heterocycles. The smallest absolute Gasteiger partial charge is 0.312 e. The van der Waals surface area contributed by atoms with Gasteiger partial charge < -0.3 is 16.4 Å². The van der Waals surface area contributed by atoms with Crippen LogP contribution in [-0.2, 0) is 11.3 Å². The van der Waals surface area contributed by atoms with Gasteiger partial charge in [0.1, 0.15) is 5.82 Å². The molecule has 2 rings (SSSR count). The lowest BCUT2D eigenvalue weighted by molar-refractivity contribution is -0.120. The maximum absolute atomic E-state index is 14.0. The molecule has 4 N–H and O–H groups in total. The highest BCUT2D eigenvalue weighted by molar-refractivity contribution is 5.83. The Labute approximate surface area is 141 Å². The van der Waals surface area contributed by atoms with Crippen LogP contribution < -0.4 is 16.4 Å². The van der Waals surface area contributed by atoms with Crippen LogP contribution in [0, 0.1) is 25.6 Å². The number of likely N-dealkylation sites (tertiary alicyclic amines) is 1. The molecule has 0 unspecified atom stereocenters. The monoisotopic (exact) mass is 336 g/mol. The predicted octanol–water partition coefficient (Wildman–Crippen LogP) is 1.05. The van der Waals surface area contributed by atoms with Gasteiger partial charge in [0, 0.05) is 19.6 Å². The zero-order valence-electron chi connectivity index (χ0n) is 14.2. The average Bonchev–Trinajstić information content (AvgIpc) is 2.99. The Bertz CT molecular complexity index is 621. The van der Waals surface area contributed by atoms with E-state index in [4.69, 9.17) is 5.73 Å². The molecule has 1 aliphatic rings. The number of urea groups is 1. The fraction of sp³-hybridized carbons (Fsp3) is 0.529. The molecule has 1 aromatic carbocycles. The van der Waals surface area contributed by atoms with Gasteiger partial charge in [-0.25, -0.2) is 9.18 Å². The van der Waals surface area contributed by atoms with Gasteiger partial charge in [0.2, 0.25) is 5.91 Å². The van der Waals surface area contributed by atoms with E-state index in [1.165, 1.54) is 0 Å². The molecule has 1 heterocycles. The standard InChI is InChI=1S/C17H25FN4O2/c1-11-3-4-14(12(2)16(11)18)10-22-6-5-13(9-22)7-20-15(23)8-21-17(19)24/h3-4,13H,5-10H2,1-2H3,(H,20,23)(H3,19,21,24)/t13-/m0/s1. The summed E-state index contributed by atoms with van der Waals surface area (Å²) >= 11 is 0. The Kier molecular flexibility index (Phi) is 6.14. The number of benzene rings is 1. The molecule has 0 bridgehead atoms. The molecule has 0 spiro atoms. The lowest BCUT2D eigenvalue weighted by atomic mass is 10.0. The zero-order chi connectivity index (χ0) is 17.7. The largest absolute Gasteiger partial charge is 0.354 e. The first kappa shape index (κ1) is 18.2. The lowest BCUT2D eigenvalue weighted by Crippen LogP contribution is -2.41. The van der Waals surface area contributed by atoms with Gasteiger partial charge in [-0.05, 0) is 49.4 Å². The third-order valence-corrected chi connectivity index (χ3v) is 4.47. The Hall–Kier alpha value is -2.15. The molecule has 1 saturated heterocycles. The second-order valence-corrected chi connectivity index (χ2v) is 6.39. The number of amides is 3. The van der Waals surface area contributed by atoms with Crippen LogP contribution in [0.2, 0.25) is 0 Å². The van der Waals surface area contributed by atoms with E-state index in [1.54, 1.807) is 6.92 Å². The molecule has 24 heavy (non-hydrogen) atoms. The quantitative estimate of drug-likeness (QED) is 0.725. The average molecular weight is 336 g/mol. The summed E-state index contributed by atoms with van der Waals surface area (Å²) in [6, 6.07) is 3.09. The highest BCUT2D eigenvalue weighted by Gasteiger charge is 2.23. The first-order valence-corrected chi connectivity index (χ1v) is 8.13. The number of nitrogens with two attached hydrogens (primary N) is 1. The van der Waals surface area contributed by atoms with Crippen molar-refractivity contribution in [2.75, 3.05) is 26.2 Å². The number of carbonyl (C=O) groups is 2. The van der Waals surface area contributed by atoms with Crippen LogP contribution >= 0.6 is 0 Å². The highest BCUT2D eigenvalue weighted by atomic mass is 19.1. The third-order valence-electron chi connectivity index (χ3n) is 4.47. The van der Waals surface area contributed by atoms with Crippen LogP contribution in [0.25, 0.3) is 0 Å². The van der Waals surface area contributed by atoms with Gasteiger partial charge in [-0.3, -0.25) is 9.69 Å². The summed E-state index contributed by atoms with van der Waals surface area (Å²) in [4.78, 5) is 24.4. The fourth-order valence-corrected chi connectivity index (χ4v) is 2.98. The van der Waals surface area contributed by atoms with E-state index in [9.17, 15) is 14.0 Å². The van der Waals surface area contributed by atoms with Crippen molar-refractivity contribution in [3.8, 4) is 0 Å². The van der Waals surface area contributed by atoms with Crippen LogP contribution in [0.3, 0.4) is 0 Å². The van der Waals surface area contributed by atoms with Crippen LogP contribution in [0.1, 0.15) is 23.1 Å². The molecule has 1 fully saturated rings. The fourth-order valence-electron chi connectivity index (χ4n) is 2.98. The van der Waals surface area contributed by atoms with Gasteiger partial charge in [-0.15, -0.1) is 0 Å². The number of aryl methyl sites for hydroxylation is 1. The van der Waals surface area contributed by atoms with Gasteiger partial charge in [0.25, 0.3) is 0 Å². The number of nitrogens with zero attached hydrogens (tertiary/aromatic N) is 1. The van der Waals surface area contributed by atoms with E-state index in [2.05, 4.69) is 15.5 Å². The topological polar surface area (TPSA) is 87.5 Å². The number of hydrogen-bond acceptors (Lipinski definition) is 3. The first-order chi connectivity index (χ1) is 11.4. The summed E-state index contributed by atoms with van der Waals surface area (Å²) in [5.74, 6) is -0.0145. The van der Waals surface area contributed by atoms with Crippen molar-refractivity contribution in [3.05, 3.63) is 34.6 Å². The van der Waals surface area contributed by atoms with Crippen molar-refractivity contribution < 1.29 is 14.0 Å². The predicted molar refractivity (Wildman–Crippen MR) is 89.9 cm³/mol. The van der Waals surface area contributed by atoms with Gasteiger partial charge in [0.15, 0.2) is 0 Å². The molecule has 6 nitrogen and oxygen atoms in total. The molecular formula is C17H25FN4O2. The molecular weight excluding hydrogens is 311 g/mol. The Morgan fingerprint density at radius 2 is 2.08 bits per heavy atom. The maximum Gasteiger partial charge on any atom is 0.312 e. The molecule has 7 heteroatoms. The number of carbonyl (C=O) groups excluding carboxylic acids is 2. The van der Waals surface area contributed by atoms with Crippen LogP contribution in [0.4, 0.5) is 9.18 Å². The number of rotatable bonds is 6. The second-order valence-electron chi connectivity index (χ2n) is 6.39. The van der Waals surface area contributed by atoms with Crippen molar-refractivity contribution in [1.82, 2.24) is 15.5 Å². The van der Waals surface area contributed by atoms with E-state index >= 15 is 0 Å². The van der Waals surface area contributed by atoms with E-state index in [0.717, 1.165) is 31.6 Å². The van der Waals surface area contributed by atoms with Crippen molar-refractivity contribution in [1.29, 1.82) is 0 Å². The Morgan fingerprint density at radius 3 is 2.79 bits per heavy atom. The first-order valence-electron chi connectivity index (χ1n) is 8.13. The third kappa shape index (κ3) is 4.92. The molecule has 0 saturated carbocycles. The minimum atomic E-state index is -0.710. The highest BCUT2D eigenvalue weighted by Crippen LogP contribution is 2.22. The zero-order valence-corrected chi connectivity index (χ0v) is 14.2. The summed E-state index contributed by atoms with van der Waals surface area (Å²) in [6.07, 6.45) is 0.983. The SMILES string of the molecule is Cc1ccc(CN2CC[C@@H](CNC(=O)CNC(N)=O)C2)c(C)c1F. The molecule has 3 amide bonds. The van der Waals surface area contributed by atoms with Crippen molar-refractivity contribution in [2.24, 2.45) is 11.7 Å². The van der Waals surface area contributed by atoms with Crippen molar-refractivity contribution in [2.45, 2.75) is 26.8 Å². The summed E-state index contributed by atoms with van der Waals surface area (Å²) in [6.45, 7) is 6.56. The normalized spacial score (nSPS) is 17.7. The van der Waals surface area contributed by atoms with Crippen molar-refractivity contribution >= 4 is 11.9 Å². The van der Waals surface area contributed by atoms with Crippen molar-refractivity contribution in [3.63, 3.8) is 0 Å². The summed E-state index contributed by atoms with van der Waals surface area (Å²) < 4.78 is 14.0. The molecule has 1 atom stereocenters. The summed E-state index contributed by atoms with van der Waals surface area (Å²) in [7, 11) is 0. The number of primary amides is 1. The van der Waals surface area contributed by atoms with Gasteiger partial charge in [-0.1, -0.05) is 12.1 Å². The van der Waals surface area contributed by atoms with E-state index < -0.39 is 6.03 Å². The van der Waals surface area contributed by atoms with Gasteiger partial charge >= 0.3 is 6.03 Å². The number of hydrogen-bond donors (Lipinski definition) is 3. The lowest BCUT2D eigenvalue weighted by Gasteiger charge is -2.18. The Morgan fingerprint density at radius 1 is 1.33 bits per heavy atom. The van der Waals surface area contributed by atoms with Crippen LogP contribution in [0.15, 0.2) is 12.1 Å². The van der Waals surface area contributed by atoms with E-state index in [-0.39, 0.29) is 18.3 Å². The second kappa shape index (κ2) is 8.10. The van der Waals surface area contributed by atoms with Gasteiger partial charge in [-0.2, -0.15) is 0 Å². The molecule has 0 aliphatic carbocycles. The summed E-state index contributed by atoms with van der Waals surface area (Å²) in [5.41, 5.74) is 7.31. The molecule has 1 aliphatic heterocycles. The van der Waals surface area contributed by atoms with Gasteiger partial charge in [0.05, 0.1) is 6.54 Å². The number of nitrogens with one attached hydrogen (secondary N) is 2. The minimum absolute atomic E-state index is 0.104. The molecule has 132 valence electrons. The Balaban J connectivity index is 1.78. The van der Waals surface area contributed by atoms with E-state index in [1.807, 2.05) is 19.1 Å². The van der Waals surface area contributed by atoms with Crippen LogP contribution in [0.5, 0.6) is 0 Å². The summed E-state index contributed by atoms with van der Waals surface area (Å²) in [5, 5.41) is 5.06.